The topological polar surface area (TPSA) is 48.7 Å². The number of aliphatic imine (C=N–C) groups is 1. The first kappa shape index (κ1) is 15.3. The molecule has 0 saturated carbocycles. The van der Waals surface area contributed by atoms with Gasteiger partial charge in [-0.15, -0.1) is 0 Å². The van der Waals surface area contributed by atoms with Gasteiger partial charge in [0.15, 0.2) is 5.96 Å². The van der Waals surface area contributed by atoms with Crippen LogP contribution >= 0.6 is 0 Å². The average molecular weight is 304 g/mol. The second-order valence-corrected chi connectivity index (χ2v) is 6.23. The molecule has 3 heterocycles. The van der Waals surface area contributed by atoms with Crippen LogP contribution in [0, 0.1) is 0 Å². The molecule has 1 N–H and O–H groups in total. The molecule has 6 heteroatoms. The number of nitrogens with one attached hydrogen (secondary N) is 1. The summed E-state index contributed by atoms with van der Waals surface area (Å²) in [5.74, 6) is 1.03. The van der Waals surface area contributed by atoms with Crippen LogP contribution in [0.25, 0.3) is 0 Å². The van der Waals surface area contributed by atoms with Crippen LogP contribution in [0.4, 0.5) is 0 Å². The van der Waals surface area contributed by atoms with E-state index in [4.69, 9.17) is 0 Å². The third-order valence-corrected chi connectivity index (χ3v) is 4.76. The lowest BCUT2D eigenvalue weighted by Crippen LogP contribution is -2.45. The summed E-state index contributed by atoms with van der Waals surface area (Å²) in [6.07, 6.45) is 9.22. The summed E-state index contributed by atoms with van der Waals surface area (Å²) in [6.45, 7) is 6.52. The maximum absolute atomic E-state index is 4.45. The van der Waals surface area contributed by atoms with Crippen LogP contribution in [-0.4, -0.2) is 71.4 Å². The van der Waals surface area contributed by atoms with Crippen molar-refractivity contribution in [3.63, 3.8) is 0 Å². The van der Waals surface area contributed by atoms with Crippen LogP contribution in [0.1, 0.15) is 25.7 Å². The smallest absolute Gasteiger partial charge is 0.193 e. The van der Waals surface area contributed by atoms with Crippen molar-refractivity contribution in [3.05, 3.63) is 18.5 Å². The number of hydrogen-bond donors (Lipinski definition) is 1. The van der Waals surface area contributed by atoms with Crippen LogP contribution in [0.5, 0.6) is 0 Å². The summed E-state index contributed by atoms with van der Waals surface area (Å²) in [6, 6.07) is 2.67. The quantitative estimate of drug-likeness (QED) is 0.666. The van der Waals surface area contributed by atoms with Crippen LogP contribution < -0.4 is 5.32 Å². The van der Waals surface area contributed by atoms with Crippen LogP contribution in [0.15, 0.2) is 23.5 Å². The van der Waals surface area contributed by atoms with Gasteiger partial charge >= 0.3 is 0 Å². The highest BCUT2D eigenvalue weighted by Crippen LogP contribution is 2.20. The van der Waals surface area contributed by atoms with Crippen LogP contribution in [-0.2, 0) is 6.54 Å². The predicted molar refractivity (Wildman–Crippen MR) is 89.0 cm³/mol. The van der Waals surface area contributed by atoms with Gasteiger partial charge in [-0.05, 0) is 38.4 Å². The molecule has 6 nitrogen and oxygen atoms in total. The van der Waals surface area contributed by atoms with Crippen molar-refractivity contribution in [3.8, 4) is 0 Å². The van der Waals surface area contributed by atoms with E-state index in [2.05, 4.69) is 25.2 Å². The van der Waals surface area contributed by atoms with E-state index in [9.17, 15) is 0 Å². The van der Waals surface area contributed by atoms with Crippen molar-refractivity contribution >= 4 is 5.96 Å². The molecule has 0 radical (unpaired) electrons. The summed E-state index contributed by atoms with van der Waals surface area (Å²) in [7, 11) is 1.88. The zero-order valence-corrected chi connectivity index (χ0v) is 13.6. The molecule has 0 amide bonds. The number of piperidine rings is 1. The minimum absolute atomic E-state index is 0.713. The predicted octanol–water partition coefficient (Wildman–Crippen LogP) is 1.02. The molecular formula is C16H28N6. The number of guanidine groups is 1. The fourth-order valence-electron chi connectivity index (χ4n) is 3.56. The summed E-state index contributed by atoms with van der Waals surface area (Å²) in [4.78, 5) is 9.54. The number of aromatic nitrogens is 2. The molecule has 3 rings (SSSR count). The minimum atomic E-state index is 0.713. The van der Waals surface area contributed by atoms with Crippen molar-refractivity contribution in [2.24, 2.45) is 4.99 Å². The number of likely N-dealkylation sites (tertiary alicyclic amines) is 2. The molecule has 1 aromatic rings. The monoisotopic (exact) mass is 304 g/mol. The van der Waals surface area contributed by atoms with Gasteiger partial charge in [0.2, 0.25) is 0 Å². The van der Waals surface area contributed by atoms with Gasteiger partial charge in [-0.3, -0.25) is 14.6 Å². The molecular weight excluding hydrogens is 276 g/mol. The van der Waals surface area contributed by atoms with Gasteiger partial charge in [0.05, 0.1) is 6.54 Å². The molecule has 0 spiro atoms. The maximum atomic E-state index is 4.45. The van der Waals surface area contributed by atoms with Crippen molar-refractivity contribution in [2.75, 3.05) is 39.8 Å². The second kappa shape index (κ2) is 7.63. The summed E-state index contributed by atoms with van der Waals surface area (Å²) in [5.41, 5.74) is 0. The van der Waals surface area contributed by atoms with Crippen molar-refractivity contribution in [2.45, 2.75) is 38.3 Å². The molecule has 0 aromatic carbocycles. The van der Waals surface area contributed by atoms with E-state index >= 15 is 0 Å². The minimum Gasteiger partial charge on any atom is -0.354 e. The van der Waals surface area contributed by atoms with Gasteiger partial charge in [-0.25, -0.2) is 0 Å². The van der Waals surface area contributed by atoms with E-state index in [1.807, 2.05) is 30.2 Å². The lowest BCUT2D eigenvalue weighted by atomic mass is 10.1. The zero-order chi connectivity index (χ0) is 15.2. The molecule has 22 heavy (non-hydrogen) atoms. The number of rotatable bonds is 4. The highest BCUT2D eigenvalue weighted by Gasteiger charge is 2.29. The largest absolute Gasteiger partial charge is 0.354 e. The summed E-state index contributed by atoms with van der Waals surface area (Å²) < 4.78 is 1.95. The summed E-state index contributed by atoms with van der Waals surface area (Å²) in [5, 5.41) is 7.70. The van der Waals surface area contributed by atoms with Gasteiger partial charge in [0.25, 0.3) is 0 Å². The van der Waals surface area contributed by atoms with E-state index in [1.165, 1.54) is 38.8 Å². The molecule has 2 aliphatic rings. The molecule has 2 fully saturated rings. The first-order chi connectivity index (χ1) is 10.9. The molecule has 0 bridgehead atoms. The third-order valence-electron chi connectivity index (χ3n) is 4.76. The number of hydrogen-bond acceptors (Lipinski definition) is 3. The zero-order valence-electron chi connectivity index (χ0n) is 13.6. The SMILES string of the molecule is CN=C(NCCn1cccn1)N1CCC(N2CCCCC2)C1. The van der Waals surface area contributed by atoms with Crippen LogP contribution in [0.3, 0.4) is 0 Å². The third kappa shape index (κ3) is 3.80. The highest BCUT2D eigenvalue weighted by atomic mass is 15.3. The van der Waals surface area contributed by atoms with Crippen molar-refractivity contribution in [1.82, 2.24) is 24.9 Å². The Morgan fingerprint density at radius 1 is 1.27 bits per heavy atom. The second-order valence-electron chi connectivity index (χ2n) is 6.23. The van der Waals surface area contributed by atoms with Gasteiger partial charge in [-0.1, -0.05) is 6.42 Å². The molecule has 0 aliphatic carbocycles. The van der Waals surface area contributed by atoms with Crippen molar-refractivity contribution in [1.29, 1.82) is 0 Å². The van der Waals surface area contributed by atoms with Crippen LogP contribution in [0.2, 0.25) is 0 Å². The normalized spacial score (nSPS) is 24.0. The van der Waals surface area contributed by atoms with Gasteiger partial charge in [0, 0.05) is 45.1 Å². The maximum Gasteiger partial charge on any atom is 0.193 e. The molecule has 122 valence electrons. The molecule has 1 aromatic heterocycles. The fraction of sp³-hybridized carbons (Fsp3) is 0.750. The van der Waals surface area contributed by atoms with E-state index in [-0.39, 0.29) is 0 Å². The van der Waals surface area contributed by atoms with Gasteiger partial charge in [0.1, 0.15) is 0 Å². The molecule has 2 saturated heterocycles. The van der Waals surface area contributed by atoms with E-state index in [0.29, 0.717) is 6.04 Å². The molecule has 2 aliphatic heterocycles. The first-order valence-electron chi connectivity index (χ1n) is 8.54. The average Bonchev–Trinajstić information content (AvgIpc) is 3.24. The van der Waals surface area contributed by atoms with Gasteiger partial charge in [-0.2, -0.15) is 5.10 Å². The highest BCUT2D eigenvalue weighted by molar-refractivity contribution is 5.80. The molecule has 1 unspecified atom stereocenters. The lowest BCUT2D eigenvalue weighted by Gasteiger charge is -2.32. The van der Waals surface area contributed by atoms with E-state index < -0.39 is 0 Å². The van der Waals surface area contributed by atoms with Crippen molar-refractivity contribution < 1.29 is 0 Å². The first-order valence-corrected chi connectivity index (χ1v) is 8.54. The Hall–Kier alpha value is -1.56. The van der Waals surface area contributed by atoms with Gasteiger partial charge < -0.3 is 10.2 Å². The summed E-state index contributed by atoms with van der Waals surface area (Å²) >= 11 is 0. The fourth-order valence-corrected chi connectivity index (χ4v) is 3.56. The Labute approximate surface area is 133 Å². The standard InChI is InChI=1S/C16H28N6/c1-17-16(18-8-13-22-11-5-7-19-22)21-12-6-15(14-21)20-9-3-2-4-10-20/h5,7,11,15H,2-4,6,8-10,12-14H2,1H3,(H,17,18). The Morgan fingerprint density at radius 2 is 2.14 bits per heavy atom. The Balaban J connectivity index is 1.45. The Morgan fingerprint density at radius 3 is 2.86 bits per heavy atom. The lowest BCUT2D eigenvalue weighted by molar-refractivity contribution is 0.168. The Bertz CT molecular complexity index is 463. The number of nitrogens with zero attached hydrogens (tertiary/aromatic N) is 5. The van der Waals surface area contributed by atoms with E-state index in [1.54, 1.807) is 0 Å². The molecule has 1 atom stereocenters. The Kier molecular flexibility index (Phi) is 5.32. The van der Waals surface area contributed by atoms with E-state index in [0.717, 1.165) is 32.1 Å².